The van der Waals surface area contributed by atoms with Gasteiger partial charge in [0.25, 0.3) is 0 Å². The van der Waals surface area contributed by atoms with Crippen molar-refractivity contribution in [1.29, 1.82) is 0 Å². The summed E-state index contributed by atoms with van der Waals surface area (Å²) in [5.74, 6) is -0.133. The SMILES string of the molecule is O=C(c1ccsc1)c1c(Cl)cccc1Cl. The molecule has 0 atom stereocenters. The van der Waals surface area contributed by atoms with Crippen LogP contribution in [0, 0.1) is 0 Å². The van der Waals surface area contributed by atoms with E-state index in [0.29, 0.717) is 21.2 Å². The molecule has 0 radical (unpaired) electrons. The largest absolute Gasteiger partial charge is 0.288 e. The molecule has 0 aliphatic rings. The van der Waals surface area contributed by atoms with Crippen molar-refractivity contribution in [3.05, 3.63) is 56.2 Å². The fourth-order valence-electron chi connectivity index (χ4n) is 1.25. The van der Waals surface area contributed by atoms with E-state index in [0.717, 1.165) is 0 Å². The topological polar surface area (TPSA) is 17.1 Å². The summed E-state index contributed by atoms with van der Waals surface area (Å²) in [4.78, 5) is 12.0. The van der Waals surface area contributed by atoms with Gasteiger partial charge in [-0.1, -0.05) is 29.3 Å². The van der Waals surface area contributed by atoms with Crippen molar-refractivity contribution < 1.29 is 4.79 Å². The molecule has 2 aromatic rings. The van der Waals surface area contributed by atoms with Gasteiger partial charge < -0.3 is 0 Å². The monoisotopic (exact) mass is 256 g/mol. The van der Waals surface area contributed by atoms with Crippen LogP contribution in [-0.2, 0) is 0 Å². The number of ketones is 1. The molecule has 1 aromatic carbocycles. The summed E-state index contributed by atoms with van der Waals surface area (Å²) < 4.78 is 0. The van der Waals surface area contributed by atoms with Crippen LogP contribution in [0.1, 0.15) is 15.9 Å². The lowest BCUT2D eigenvalue weighted by Gasteiger charge is -2.03. The number of thiophene rings is 1. The van der Waals surface area contributed by atoms with E-state index in [1.54, 1.807) is 29.6 Å². The maximum Gasteiger partial charge on any atom is 0.196 e. The average molecular weight is 257 g/mol. The van der Waals surface area contributed by atoms with Crippen LogP contribution in [0.5, 0.6) is 0 Å². The molecular weight excluding hydrogens is 251 g/mol. The molecule has 2 rings (SSSR count). The number of rotatable bonds is 2. The first-order chi connectivity index (χ1) is 7.20. The maximum atomic E-state index is 12.0. The molecule has 15 heavy (non-hydrogen) atoms. The molecular formula is C11H6Cl2OS. The number of hydrogen-bond acceptors (Lipinski definition) is 2. The van der Waals surface area contributed by atoms with Crippen LogP contribution in [0.3, 0.4) is 0 Å². The van der Waals surface area contributed by atoms with Gasteiger partial charge in [0.05, 0.1) is 15.6 Å². The highest BCUT2D eigenvalue weighted by Gasteiger charge is 2.16. The fraction of sp³-hybridized carbons (Fsp3) is 0. The molecule has 0 saturated heterocycles. The van der Waals surface area contributed by atoms with E-state index < -0.39 is 0 Å². The van der Waals surface area contributed by atoms with Crippen molar-refractivity contribution in [2.24, 2.45) is 0 Å². The van der Waals surface area contributed by atoms with Crippen LogP contribution in [0.25, 0.3) is 0 Å². The van der Waals surface area contributed by atoms with Gasteiger partial charge in [-0.25, -0.2) is 0 Å². The minimum absolute atomic E-state index is 0.133. The number of benzene rings is 1. The Bertz CT molecular complexity index is 471. The van der Waals surface area contributed by atoms with Crippen LogP contribution < -0.4 is 0 Å². The predicted molar refractivity (Wildman–Crippen MR) is 64.2 cm³/mol. The molecule has 0 bridgehead atoms. The first kappa shape index (κ1) is 10.7. The summed E-state index contributed by atoms with van der Waals surface area (Å²) in [5, 5.41) is 4.40. The molecule has 4 heteroatoms. The highest BCUT2D eigenvalue weighted by atomic mass is 35.5. The van der Waals surface area contributed by atoms with E-state index in [1.807, 2.05) is 5.38 Å². The van der Waals surface area contributed by atoms with Crippen molar-refractivity contribution in [1.82, 2.24) is 0 Å². The Kier molecular flexibility index (Phi) is 3.10. The lowest BCUT2D eigenvalue weighted by atomic mass is 10.1. The van der Waals surface area contributed by atoms with Crippen LogP contribution in [0.15, 0.2) is 35.0 Å². The standard InChI is InChI=1S/C11H6Cl2OS/c12-8-2-1-3-9(13)10(8)11(14)7-4-5-15-6-7/h1-6H. The van der Waals surface area contributed by atoms with Crippen LogP contribution in [0.4, 0.5) is 0 Å². The first-order valence-corrected chi connectivity index (χ1v) is 5.91. The molecule has 0 N–H and O–H groups in total. The van der Waals surface area contributed by atoms with Crippen molar-refractivity contribution in [2.45, 2.75) is 0 Å². The Balaban J connectivity index is 2.51. The molecule has 0 unspecified atom stereocenters. The molecule has 0 fully saturated rings. The van der Waals surface area contributed by atoms with E-state index in [9.17, 15) is 4.79 Å². The first-order valence-electron chi connectivity index (χ1n) is 4.21. The molecule has 0 saturated carbocycles. The van der Waals surface area contributed by atoms with Gasteiger partial charge in [0.2, 0.25) is 0 Å². The summed E-state index contributed by atoms with van der Waals surface area (Å²) in [6, 6.07) is 6.79. The molecule has 0 aliphatic heterocycles. The fourth-order valence-corrected chi connectivity index (χ4v) is 2.46. The van der Waals surface area contributed by atoms with E-state index in [1.165, 1.54) is 11.3 Å². The highest BCUT2D eigenvalue weighted by molar-refractivity contribution is 7.08. The molecule has 1 heterocycles. The number of hydrogen-bond donors (Lipinski definition) is 0. The quantitative estimate of drug-likeness (QED) is 0.733. The lowest BCUT2D eigenvalue weighted by Crippen LogP contribution is -2.01. The van der Waals surface area contributed by atoms with E-state index in [2.05, 4.69) is 0 Å². The number of carbonyl (C=O) groups excluding carboxylic acids is 1. The zero-order valence-electron chi connectivity index (χ0n) is 7.54. The van der Waals surface area contributed by atoms with E-state index in [4.69, 9.17) is 23.2 Å². The molecule has 1 aromatic heterocycles. The smallest absolute Gasteiger partial charge is 0.196 e. The highest BCUT2D eigenvalue weighted by Crippen LogP contribution is 2.27. The molecule has 0 spiro atoms. The van der Waals surface area contributed by atoms with E-state index in [-0.39, 0.29) is 5.78 Å². The summed E-state index contributed by atoms with van der Waals surface area (Å²) in [6.45, 7) is 0. The third kappa shape index (κ3) is 2.07. The van der Waals surface area contributed by atoms with Gasteiger partial charge in [-0.3, -0.25) is 4.79 Å². The average Bonchev–Trinajstić information content (AvgIpc) is 2.69. The van der Waals surface area contributed by atoms with Gasteiger partial charge in [-0.05, 0) is 23.6 Å². The van der Waals surface area contributed by atoms with Crippen LogP contribution in [0.2, 0.25) is 10.0 Å². The van der Waals surface area contributed by atoms with Crippen LogP contribution >= 0.6 is 34.5 Å². The molecule has 1 nitrogen and oxygen atoms in total. The zero-order chi connectivity index (χ0) is 10.8. The minimum atomic E-state index is -0.133. The molecule has 0 amide bonds. The number of halogens is 2. The van der Waals surface area contributed by atoms with Crippen molar-refractivity contribution in [2.75, 3.05) is 0 Å². The van der Waals surface area contributed by atoms with Gasteiger partial charge in [0.1, 0.15) is 0 Å². The second-order valence-corrected chi connectivity index (χ2v) is 4.53. The Labute approximate surface area is 101 Å². The van der Waals surface area contributed by atoms with Gasteiger partial charge in [0, 0.05) is 10.9 Å². The molecule has 0 aliphatic carbocycles. The van der Waals surface area contributed by atoms with Crippen LogP contribution in [-0.4, -0.2) is 5.78 Å². The Morgan fingerprint density at radius 1 is 1.13 bits per heavy atom. The van der Waals surface area contributed by atoms with Crippen molar-refractivity contribution >= 4 is 40.3 Å². The maximum absolute atomic E-state index is 12.0. The van der Waals surface area contributed by atoms with Gasteiger partial charge in [0.15, 0.2) is 5.78 Å². The summed E-state index contributed by atoms with van der Waals surface area (Å²) in [6.07, 6.45) is 0. The summed E-state index contributed by atoms with van der Waals surface area (Å²) in [7, 11) is 0. The second kappa shape index (κ2) is 4.35. The van der Waals surface area contributed by atoms with E-state index >= 15 is 0 Å². The van der Waals surface area contributed by atoms with Gasteiger partial charge in [-0.2, -0.15) is 11.3 Å². The number of carbonyl (C=O) groups is 1. The van der Waals surface area contributed by atoms with Crippen molar-refractivity contribution in [3.8, 4) is 0 Å². The second-order valence-electron chi connectivity index (χ2n) is 2.94. The normalized spacial score (nSPS) is 10.3. The Hall–Kier alpha value is -0.830. The van der Waals surface area contributed by atoms with Gasteiger partial charge >= 0.3 is 0 Å². The Morgan fingerprint density at radius 2 is 1.80 bits per heavy atom. The third-order valence-corrected chi connectivity index (χ3v) is 3.29. The zero-order valence-corrected chi connectivity index (χ0v) is 9.86. The molecule has 76 valence electrons. The Morgan fingerprint density at radius 3 is 2.33 bits per heavy atom. The van der Waals surface area contributed by atoms with Gasteiger partial charge in [-0.15, -0.1) is 0 Å². The minimum Gasteiger partial charge on any atom is -0.288 e. The summed E-state index contributed by atoms with van der Waals surface area (Å²) in [5.41, 5.74) is 0.995. The third-order valence-electron chi connectivity index (χ3n) is 1.97. The lowest BCUT2D eigenvalue weighted by molar-refractivity contribution is 0.103. The summed E-state index contributed by atoms with van der Waals surface area (Å²) >= 11 is 13.3. The van der Waals surface area contributed by atoms with Crippen molar-refractivity contribution in [3.63, 3.8) is 0 Å². The predicted octanol–water partition coefficient (Wildman–Crippen LogP) is 4.29.